The maximum absolute atomic E-state index is 11.6. The molecule has 0 radical (unpaired) electrons. The summed E-state index contributed by atoms with van der Waals surface area (Å²) in [6.45, 7) is 3.57. The molecule has 0 fully saturated rings. The number of rotatable bonds is 3. The van der Waals surface area contributed by atoms with Gasteiger partial charge in [-0.05, 0) is 18.1 Å². The lowest BCUT2D eigenvalue weighted by Crippen LogP contribution is -2.10. The molecule has 1 aliphatic rings. The molecular formula is C11H11N3O3. The quantitative estimate of drug-likeness (QED) is 0.360. The fraction of sp³-hybridized carbons (Fsp3) is 0.182. The van der Waals surface area contributed by atoms with Crippen molar-refractivity contribution in [3.8, 4) is 0 Å². The molecule has 0 saturated carbocycles. The first kappa shape index (κ1) is 11.1. The number of nitrogen functional groups attached to an aromatic ring is 1. The van der Waals surface area contributed by atoms with Gasteiger partial charge in [-0.2, -0.15) is 0 Å². The summed E-state index contributed by atoms with van der Waals surface area (Å²) >= 11 is 0. The third kappa shape index (κ3) is 1.73. The molecule has 1 amide bonds. The second kappa shape index (κ2) is 3.89. The Morgan fingerprint density at radius 3 is 2.88 bits per heavy atom. The molecule has 0 spiro atoms. The van der Waals surface area contributed by atoms with Gasteiger partial charge in [-0.3, -0.25) is 14.9 Å². The van der Waals surface area contributed by atoms with E-state index in [1.807, 2.05) is 0 Å². The van der Waals surface area contributed by atoms with Crippen molar-refractivity contribution in [1.29, 1.82) is 0 Å². The maximum atomic E-state index is 11.6. The standard InChI is InChI=1S/C11H11N3O3/c1-2-3-6-7-4-10(14(16)17)8(12)5-9(7)13-11(6)15/h2,4-6H,1,3,12H2,(H,13,15). The molecule has 6 heteroatoms. The van der Waals surface area contributed by atoms with Crippen LogP contribution in [0.1, 0.15) is 17.9 Å². The Morgan fingerprint density at radius 1 is 1.59 bits per heavy atom. The minimum absolute atomic E-state index is 0.0494. The van der Waals surface area contributed by atoms with E-state index in [0.29, 0.717) is 17.7 Å². The Balaban J connectivity index is 2.53. The number of hydrogen-bond acceptors (Lipinski definition) is 4. The molecule has 1 aromatic carbocycles. The van der Waals surface area contributed by atoms with Crippen LogP contribution in [0.2, 0.25) is 0 Å². The van der Waals surface area contributed by atoms with Crippen molar-refractivity contribution in [1.82, 2.24) is 0 Å². The van der Waals surface area contributed by atoms with Crippen LogP contribution in [0.3, 0.4) is 0 Å². The topological polar surface area (TPSA) is 98.3 Å². The minimum atomic E-state index is -0.552. The molecule has 0 bridgehead atoms. The number of amides is 1. The highest BCUT2D eigenvalue weighted by atomic mass is 16.6. The summed E-state index contributed by atoms with van der Waals surface area (Å²) in [5, 5.41) is 13.4. The number of carbonyl (C=O) groups excluding carboxylic acids is 1. The van der Waals surface area contributed by atoms with Crippen LogP contribution in [0, 0.1) is 10.1 Å². The summed E-state index contributed by atoms with van der Waals surface area (Å²) in [6.07, 6.45) is 2.06. The first-order valence-electron chi connectivity index (χ1n) is 5.04. The van der Waals surface area contributed by atoms with E-state index in [0.717, 1.165) is 0 Å². The van der Waals surface area contributed by atoms with Crippen molar-refractivity contribution in [2.45, 2.75) is 12.3 Å². The van der Waals surface area contributed by atoms with E-state index in [1.165, 1.54) is 12.1 Å². The highest BCUT2D eigenvalue weighted by molar-refractivity contribution is 6.04. The average molecular weight is 233 g/mol. The van der Waals surface area contributed by atoms with Gasteiger partial charge >= 0.3 is 0 Å². The summed E-state index contributed by atoms with van der Waals surface area (Å²) in [6, 6.07) is 2.78. The highest BCUT2D eigenvalue weighted by Gasteiger charge is 2.32. The van der Waals surface area contributed by atoms with E-state index < -0.39 is 10.8 Å². The molecule has 0 aromatic heterocycles. The van der Waals surface area contributed by atoms with Gasteiger partial charge in [-0.15, -0.1) is 6.58 Å². The molecule has 0 saturated heterocycles. The van der Waals surface area contributed by atoms with Crippen LogP contribution in [0.25, 0.3) is 0 Å². The van der Waals surface area contributed by atoms with Crippen LogP contribution < -0.4 is 11.1 Å². The number of hydrogen-bond donors (Lipinski definition) is 2. The number of nitrogens with one attached hydrogen (secondary N) is 1. The fourth-order valence-electron chi connectivity index (χ4n) is 1.94. The number of carbonyl (C=O) groups is 1. The van der Waals surface area contributed by atoms with Gasteiger partial charge in [0.2, 0.25) is 5.91 Å². The molecular weight excluding hydrogens is 222 g/mol. The van der Waals surface area contributed by atoms with Gasteiger partial charge in [0.1, 0.15) is 5.69 Å². The van der Waals surface area contributed by atoms with Crippen molar-refractivity contribution in [3.63, 3.8) is 0 Å². The van der Waals surface area contributed by atoms with Crippen molar-refractivity contribution >= 4 is 23.0 Å². The summed E-state index contributed by atoms with van der Waals surface area (Å²) in [7, 11) is 0. The van der Waals surface area contributed by atoms with Crippen LogP contribution in [-0.4, -0.2) is 10.8 Å². The van der Waals surface area contributed by atoms with E-state index in [-0.39, 0.29) is 17.3 Å². The van der Waals surface area contributed by atoms with Crippen LogP contribution >= 0.6 is 0 Å². The zero-order chi connectivity index (χ0) is 12.6. The second-order valence-corrected chi connectivity index (χ2v) is 3.82. The minimum Gasteiger partial charge on any atom is -0.393 e. The molecule has 1 aromatic rings. The van der Waals surface area contributed by atoms with Gasteiger partial charge in [0.05, 0.1) is 10.8 Å². The predicted molar refractivity (Wildman–Crippen MR) is 63.7 cm³/mol. The first-order chi connectivity index (χ1) is 8.04. The smallest absolute Gasteiger partial charge is 0.292 e. The second-order valence-electron chi connectivity index (χ2n) is 3.82. The molecule has 6 nitrogen and oxygen atoms in total. The summed E-state index contributed by atoms with van der Waals surface area (Å²) in [5.41, 5.74) is 6.58. The molecule has 88 valence electrons. The largest absolute Gasteiger partial charge is 0.393 e. The molecule has 2 rings (SSSR count). The van der Waals surface area contributed by atoms with Gasteiger partial charge in [-0.25, -0.2) is 0 Å². The SMILES string of the molecule is C=CCC1C(=O)Nc2cc(N)c([N+](=O)[O-])cc21. The molecule has 1 heterocycles. The molecule has 1 atom stereocenters. The van der Waals surface area contributed by atoms with Gasteiger partial charge in [0.25, 0.3) is 5.69 Å². The van der Waals surface area contributed by atoms with Gasteiger partial charge in [0.15, 0.2) is 0 Å². The van der Waals surface area contributed by atoms with Crippen molar-refractivity contribution in [2.75, 3.05) is 11.1 Å². The summed E-state index contributed by atoms with van der Waals surface area (Å²) < 4.78 is 0. The fourth-order valence-corrected chi connectivity index (χ4v) is 1.94. The lowest BCUT2D eigenvalue weighted by atomic mass is 9.96. The summed E-state index contributed by atoms with van der Waals surface area (Å²) in [4.78, 5) is 21.9. The van der Waals surface area contributed by atoms with E-state index in [2.05, 4.69) is 11.9 Å². The Hall–Kier alpha value is -2.37. The molecule has 1 unspecified atom stereocenters. The normalized spacial score (nSPS) is 17.4. The first-order valence-corrected chi connectivity index (χ1v) is 5.04. The van der Waals surface area contributed by atoms with Crippen molar-refractivity contribution in [3.05, 3.63) is 40.5 Å². The van der Waals surface area contributed by atoms with E-state index >= 15 is 0 Å². The van der Waals surface area contributed by atoms with Crippen LogP contribution in [0.4, 0.5) is 17.1 Å². The van der Waals surface area contributed by atoms with Crippen molar-refractivity contribution < 1.29 is 9.72 Å². The Bertz CT molecular complexity index is 525. The van der Waals surface area contributed by atoms with Gasteiger partial charge in [-0.1, -0.05) is 6.08 Å². The number of benzene rings is 1. The number of nitrogens with two attached hydrogens (primary N) is 1. The zero-order valence-corrected chi connectivity index (χ0v) is 8.97. The summed E-state index contributed by atoms with van der Waals surface area (Å²) in [5.74, 6) is -0.596. The monoisotopic (exact) mass is 233 g/mol. The van der Waals surface area contributed by atoms with Gasteiger partial charge in [0, 0.05) is 11.8 Å². The Morgan fingerprint density at radius 2 is 2.29 bits per heavy atom. The van der Waals surface area contributed by atoms with Crippen LogP contribution in [0.15, 0.2) is 24.8 Å². The van der Waals surface area contributed by atoms with Crippen LogP contribution in [0.5, 0.6) is 0 Å². The number of nitrogens with zero attached hydrogens (tertiary/aromatic N) is 1. The van der Waals surface area contributed by atoms with E-state index in [4.69, 9.17) is 5.73 Å². The molecule has 3 N–H and O–H groups in total. The van der Waals surface area contributed by atoms with E-state index in [9.17, 15) is 14.9 Å². The Labute approximate surface area is 97.3 Å². The van der Waals surface area contributed by atoms with Crippen molar-refractivity contribution in [2.24, 2.45) is 0 Å². The third-order valence-electron chi connectivity index (χ3n) is 2.75. The lowest BCUT2D eigenvalue weighted by molar-refractivity contribution is -0.383. The number of fused-ring (bicyclic) bond motifs is 1. The van der Waals surface area contributed by atoms with Crippen LogP contribution in [-0.2, 0) is 4.79 Å². The number of nitro groups is 1. The molecule has 17 heavy (non-hydrogen) atoms. The number of anilines is 2. The van der Waals surface area contributed by atoms with Gasteiger partial charge < -0.3 is 11.1 Å². The average Bonchev–Trinajstić information content (AvgIpc) is 2.54. The zero-order valence-electron chi connectivity index (χ0n) is 8.97. The number of allylic oxidation sites excluding steroid dienone is 1. The highest BCUT2D eigenvalue weighted by Crippen LogP contribution is 2.39. The lowest BCUT2D eigenvalue weighted by Gasteiger charge is -2.05. The van der Waals surface area contributed by atoms with E-state index in [1.54, 1.807) is 6.08 Å². The maximum Gasteiger partial charge on any atom is 0.292 e. The molecule has 0 aliphatic carbocycles. The predicted octanol–water partition coefficient (Wildman–Crippen LogP) is 1.79. The molecule has 1 aliphatic heterocycles. The number of nitro benzene ring substituents is 1. The third-order valence-corrected chi connectivity index (χ3v) is 2.75. The Kier molecular flexibility index (Phi) is 2.55.